The van der Waals surface area contributed by atoms with E-state index in [1.165, 1.54) is 11.0 Å². The Morgan fingerprint density at radius 1 is 1.55 bits per heavy atom. The molecule has 20 heavy (non-hydrogen) atoms. The summed E-state index contributed by atoms with van der Waals surface area (Å²) in [5.41, 5.74) is -0.0460. The van der Waals surface area contributed by atoms with Crippen molar-refractivity contribution >= 4 is 43.6 Å². The van der Waals surface area contributed by atoms with E-state index in [-0.39, 0.29) is 24.3 Å². The van der Waals surface area contributed by atoms with Crippen LogP contribution >= 0.6 is 15.9 Å². The van der Waals surface area contributed by atoms with Gasteiger partial charge < -0.3 is 5.11 Å². The fourth-order valence-corrected chi connectivity index (χ4v) is 3.14. The number of aromatic carboxylic acids is 1. The Bertz CT molecular complexity index is 690. The quantitative estimate of drug-likeness (QED) is 0.772. The highest BCUT2D eigenvalue weighted by Crippen LogP contribution is 2.29. The summed E-state index contributed by atoms with van der Waals surface area (Å²) < 4.78 is 22.8. The molecule has 10 heteroatoms. The number of rotatable bonds is 3. The molecule has 1 fully saturated rings. The number of primary sulfonamides is 1. The molecule has 1 saturated heterocycles. The van der Waals surface area contributed by atoms with Crippen LogP contribution in [0.5, 0.6) is 0 Å². The van der Waals surface area contributed by atoms with Crippen LogP contribution in [0.1, 0.15) is 16.8 Å². The number of carbonyl (C=O) groups is 2. The van der Waals surface area contributed by atoms with Gasteiger partial charge in [-0.1, -0.05) is 0 Å². The molecule has 0 aliphatic carbocycles. The van der Waals surface area contributed by atoms with Gasteiger partial charge >= 0.3 is 5.97 Å². The number of anilines is 1. The number of carbonyl (C=O) groups excluding carboxylic acids is 1. The molecule has 1 aliphatic rings. The second-order valence-corrected chi connectivity index (χ2v) is 6.95. The van der Waals surface area contributed by atoms with Crippen molar-refractivity contribution in [3.05, 3.63) is 22.3 Å². The van der Waals surface area contributed by atoms with Gasteiger partial charge in [-0.25, -0.2) is 23.3 Å². The Kier molecular flexibility index (Phi) is 3.80. The Hall–Kier alpha value is -1.52. The first-order valence-electron chi connectivity index (χ1n) is 5.41. The molecular weight excluding hydrogens is 354 g/mol. The molecule has 0 saturated carbocycles. The highest BCUT2D eigenvalue weighted by atomic mass is 79.9. The summed E-state index contributed by atoms with van der Waals surface area (Å²) in [6.07, 6.45) is 0.883. The highest BCUT2D eigenvalue weighted by molar-refractivity contribution is 9.10. The van der Waals surface area contributed by atoms with Crippen molar-refractivity contribution in [2.45, 2.75) is 11.7 Å². The van der Waals surface area contributed by atoms with Gasteiger partial charge in [0.25, 0.3) is 0 Å². The minimum atomic E-state index is -3.81. The van der Waals surface area contributed by atoms with Gasteiger partial charge in [-0.2, -0.15) is 0 Å². The van der Waals surface area contributed by atoms with Gasteiger partial charge in [0.15, 0.2) is 0 Å². The van der Waals surface area contributed by atoms with Gasteiger partial charge in [0.05, 0.1) is 10.0 Å². The van der Waals surface area contributed by atoms with E-state index in [1.807, 2.05) is 0 Å². The molecule has 1 unspecified atom stereocenters. The number of pyridine rings is 1. The largest absolute Gasteiger partial charge is 0.478 e. The van der Waals surface area contributed by atoms with Crippen LogP contribution in [-0.2, 0) is 14.8 Å². The predicted octanol–water partition coefficient (Wildman–Crippen LogP) is -0.0639. The van der Waals surface area contributed by atoms with Crippen molar-refractivity contribution < 1.29 is 23.1 Å². The van der Waals surface area contributed by atoms with Crippen molar-refractivity contribution in [3.8, 4) is 0 Å². The van der Waals surface area contributed by atoms with Crippen molar-refractivity contribution in [2.24, 2.45) is 5.14 Å². The minimum absolute atomic E-state index is 0.0460. The predicted molar refractivity (Wildman–Crippen MR) is 72.8 cm³/mol. The zero-order valence-corrected chi connectivity index (χ0v) is 12.4. The Balaban J connectivity index is 2.33. The lowest BCUT2D eigenvalue weighted by Crippen LogP contribution is -2.32. The maximum Gasteiger partial charge on any atom is 0.337 e. The number of carboxylic acids is 1. The molecule has 0 radical (unpaired) electrons. The molecule has 1 amide bonds. The molecule has 0 spiro atoms. The summed E-state index contributed by atoms with van der Waals surface area (Å²) in [6, 6.07) is 1.29. The molecular formula is C10H10BrN3O5S. The van der Waals surface area contributed by atoms with Crippen LogP contribution in [0.3, 0.4) is 0 Å². The van der Waals surface area contributed by atoms with E-state index in [4.69, 9.17) is 10.2 Å². The molecule has 3 N–H and O–H groups in total. The van der Waals surface area contributed by atoms with Gasteiger partial charge in [0, 0.05) is 19.2 Å². The first kappa shape index (κ1) is 14.9. The third-order valence-corrected chi connectivity index (χ3v) is 4.71. The van der Waals surface area contributed by atoms with E-state index >= 15 is 0 Å². The lowest BCUT2D eigenvalue weighted by molar-refractivity contribution is -0.117. The number of hydrogen-bond acceptors (Lipinski definition) is 5. The molecule has 1 aliphatic heterocycles. The molecule has 2 heterocycles. The normalized spacial score (nSPS) is 19.4. The lowest BCUT2D eigenvalue weighted by atomic mass is 10.3. The highest BCUT2D eigenvalue weighted by Gasteiger charge is 2.38. The van der Waals surface area contributed by atoms with Crippen LogP contribution in [0.4, 0.5) is 5.82 Å². The Labute approximate surface area is 122 Å². The third-order valence-electron chi connectivity index (χ3n) is 2.88. The van der Waals surface area contributed by atoms with Gasteiger partial charge in [-0.3, -0.25) is 9.69 Å². The molecule has 1 aromatic heterocycles. The van der Waals surface area contributed by atoms with Gasteiger partial charge in [-0.05, 0) is 22.0 Å². The van der Waals surface area contributed by atoms with E-state index in [2.05, 4.69) is 20.9 Å². The maximum atomic E-state index is 11.8. The number of hydrogen-bond donors (Lipinski definition) is 2. The van der Waals surface area contributed by atoms with E-state index < -0.39 is 27.1 Å². The van der Waals surface area contributed by atoms with E-state index in [0.29, 0.717) is 4.47 Å². The third kappa shape index (κ3) is 2.81. The second-order valence-electron chi connectivity index (χ2n) is 4.25. The van der Waals surface area contributed by atoms with Crippen molar-refractivity contribution in [2.75, 3.05) is 11.4 Å². The molecule has 8 nitrogen and oxygen atoms in total. The summed E-state index contributed by atoms with van der Waals surface area (Å²) in [7, 11) is -3.81. The lowest BCUT2D eigenvalue weighted by Gasteiger charge is -2.16. The van der Waals surface area contributed by atoms with Crippen LogP contribution in [0.25, 0.3) is 0 Å². The van der Waals surface area contributed by atoms with Crippen molar-refractivity contribution in [3.63, 3.8) is 0 Å². The fourth-order valence-electron chi connectivity index (χ4n) is 1.85. The SMILES string of the molecule is NS(=O)(=O)C1CC(=O)N(c2ncc(C(=O)O)cc2Br)C1. The number of amides is 1. The Morgan fingerprint density at radius 2 is 2.20 bits per heavy atom. The molecule has 108 valence electrons. The molecule has 0 aromatic carbocycles. The number of nitrogens with zero attached hydrogens (tertiary/aromatic N) is 2. The molecule has 1 atom stereocenters. The standard InChI is InChI=1S/C10H10BrN3O5S/c11-7-1-5(10(16)17)3-13-9(7)14-4-6(2-8(14)15)20(12,18)19/h1,3,6H,2,4H2,(H,16,17)(H2,12,18,19). The average molecular weight is 364 g/mol. The maximum absolute atomic E-state index is 11.8. The number of sulfonamides is 1. The molecule has 0 bridgehead atoms. The van der Waals surface area contributed by atoms with Crippen LogP contribution in [0, 0.1) is 0 Å². The van der Waals surface area contributed by atoms with E-state index in [1.54, 1.807) is 0 Å². The number of halogens is 1. The first-order valence-corrected chi connectivity index (χ1v) is 7.81. The van der Waals surface area contributed by atoms with Crippen molar-refractivity contribution in [1.29, 1.82) is 0 Å². The monoisotopic (exact) mass is 363 g/mol. The number of nitrogens with two attached hydrogens (primary N) is 1. The number of aromatic nitrogens is 1. The zero-order chi connectivity index (χ0) is 15.1. The summed E-state index contributed by atoms with van der Waals surface area (Å²) in [5, 5.41) is 12.9. The van der Waals surface area contributed by atoms with Crippen LogP contribution in [0.2, 0.25) is 0 Å². The van der Waals surface area contributed by atoms with Crippen LogP contribution in [-0.4, -0.2) is 42.2 Å². The fraction of sp³-hybridized carbons (Fsp3) is 0.300. The minimum Gasteiger partial charge on any atom is -0.478 e. The van der Waals surface area contributed by atoms with Gasteiger partial charge in [0.2, 0.25) is 15.9 Å². The summed E-state index contributed by atoms with van der Waals surface area (Å²) >= 11 is 3.12. The first-order chi connectivity index (χ1) is 9.20. The van der Waals surface area contributed by atoms with Crippen LogP contribution in [0.15, 0.2) is 16.7 Å². The summed E-state index contributed by atoms with van der Waals surface area (Å²) in [5.74, 6) is -1.41. The smallest absolute Gasteiger partial charge is 0.337 e. The molecule has 1 aromatic rings. The second kappa shape index (κ2) is 5.11. The Morgan fingerprint density at radius 3 is 2.65 bits per heavy atom. The number of carboxylic acid groups (broad SMARTS) is 1. The van der Waals surface area contributed by atoms with Gasteiger partial charge in [-0.15, -0.1) is 0 Å². The van der Waals surface area contributed by atoms with E-state index in [9.17, 15) is 18.0 Å². The van der Waals surface area contributed by atoms with Crippen LogP contribution < -0.4 is 10.0 Å². The zero-order valence-electron chi connectivity index (χ0n) is 9.98. The molecule has 2 rings (SSSR count). The summed E-state index contributed by atoms with van der Waals surface area (Å²) in [4.78, 5) is 27.7. The average Bonchev–Trinajstić information content (AvgIpc) is 2.71. The van der Waals surface area contributed by atoms with Gasteiger partial charge in [0.1, 0.15) is 11.1 Å². The van der Waals surface area contributed by atoms with E-state index in [0.717, 1.165) is 6.20 Å². The topological polar surface area (TPSA) is 131 Å². The van der Waals surface area contributed by atoms with Crippen molar-refractivity contribution in [1.82, 2.24) is 4.98 Å². The summed E-state index contributed by atoms with van der Waals surface area (Å²) in [6.45, 7) is -0.102.